The van der Waals surface area contributed by atoms with E-state index in [1.165, 1.54) is 0 Å². The second kappa shape index (κ2) is 5.17. The molecule has 14 heavy (non-hydrogen) atoms. The van der Waals surface area contributed by atoms with E-state index in [0.29, 0.717) is 23.6 Å². The number of terminal acetylenes is 1. The van der Waals surface area contributed by atoms with Crippen LogP contribution in [0.15, 0.2) is 18.2 Å². The minimum absolute atomic E-state index is 0.581. The van der Waals surface area contributed by atoms with Crippen LogP contribution in [0.5, 0.6) is 0 Å². The summed E-state index contributed by atoms with van der Waals surface area (Å²) in [7, 11) is 0. The van der Waals surface area contributed by atoms with Crippen LogP contribution in [-0.2, 0) is 0 Å². The molecule has 0 atom stereocenters. The smallest absolute Gasteiger partial charge is 0.0992 e. The third kappa shape index (κ3) is 2.69. The Morgan fingerprint density at radius 2 is 2.29 bits per heavy atom. The number of nitriles is 1. The van der Waals surface area contributed by atoms with Crippen LogP contribution in [0, 0.1) is 23.7 Å². The van der Waals surface area contributed by atoms with Crippen LogP contribution < -0.4 is 5.32 Å². The number of halogens is 1. The Morgan fingerprint density at radius 3 is 2.93 bits per heavy atom. The van der Waals surface area contributed by atoms with E-state index in [0.717, 1.165) is 5.69 Å². The summed E-state index contributed by atoms with van der Waals surface area (Å²) in [5.41, 5.74) is 1.33. The normalized spacial score (nSPS) is 8.79. The van der Waals surface area contributed by atoms with Crippen molar-refractivity contribution < 1.29 is 0 Å². The first kappa shape index (κ1) is 10.4. The molecule has 3 heteroatoms. The Hall–Kier alpha value is -1.64. The van der Waals surface area contributed by atoms with Crippen LogP contribution in [0.3, 0.4) is 0 Å². The molecule has 0 saturated heterocycles. The second-order valence-electron chi connectivity index (χ2n) is 2.69. The zero-order chi connectivity index (χ0) is 10.4. The Labute approximate surface area is 88.5 Å². The molecular formula is C11H9ClN2. The van der Waals surface area contributed by atoms with Gasteiger partial charge < -0.3 is 5.32 Å². The van der Waals surface area contributed by atoms with E-state index in [-0.39, 0.29) is 0 Å². The lowest BCUT2D eigenvalue weighted by Gasteiger charge is -2.06. The molecule has 0 bridgehead atoms. The van der Waals surface area contributed by atoms with Crippen LogP contribution in [-0.4, -0.2) is 6.54 Å². The maximum absolute atomic E-state index is 8.67. The molecule has 0 aliphatic carbocycles. The van der Waals surface area contributed by atoms with E-state index < -0.39 is 0 Å². The van der Waals surface area contributed by atoms with E-state index in [1.807, 2.05) is 6.07 Å². The third-order valence-electron chi connectivity index (χ3n) is 1.68. The van der Waals surface area contributed by atoms with Gasteiger partial charge in [-0.05, 0) is 18.2 Å². The van der Waals surface area contributed by atoms with Crippen molar-refractivity contribution in [2.45, 2.75) is 6.42 Å². The molecule has 0 aromatic heterocycles. The summed E-state index contributed by atoms with van der Waals surface area (Å²) in [6.45, 7) is 0.658. The van der Waals surface area contributed by atoms with Crippen molar-refractivity contribution in [3.8, 4) is 18.4 Å². The van der Waals surface area contributed by atoms with Gasteiger partial charge in [0.05, 0.1) is 22.3 Å². The minimum Gasteiger partial charge on any atom is -0.383 e. The van der Waals surface area contributed by atoms with Crippen LogP contribution in [0.2, 0.25) is 5.02 Å². The van der Waals surface area contributed by atoms with Gasteiger partial charge in [-0.3, -0.25) is 0 Å². The molecule has 0 unspecified atom stereocenters. The standard InChI is InChI=1S/C11H9ClN2/c1-2-3-6-14-11-7-9(8-13)4-5-10(11)12/h1,4-5,7,14H,3,6H2. The number of rotatable bonds is 3. The fourth-order valence-electron chi connectivity index (χ4n) is 1.000. The van der Waals surface area contributed by atoms with Crippen molar-refractivity contribution >= 4 is 17.3 Å². The minimum atomic E-state index is 0.581. The van der Waals surface area contributed by atoms with Crippen molar-refractivity contribution in [3.05, 3.63) is 28.8 Å². The van der Waals surface area contributed by atoms with Gasteiger partial charge in [-0.25, -0.2) is 0 Å². The monoisotopic (exact) mass is 204 g/mol. The van der Waals surface area contributed by atoms with Gasteiger partial charge in [-0.15, -0.1) is 12.3 Å². The van der Waals surface area contributed by atoms with Crippen LogP contribution in [0.25, 0.3) is 0 Å². The first-order valence-corrected chi connectivity index (χ1v) is 4.52. The topological polar surface area (TPSA) is 35.8 Å². The zero-order valence-electron chi connectivity index (χ0n) is 7.55. The lowest BCUT2D eigenvalue weighted by Crippen LogP contribution is -2.00. The molecular weight excluding hydrogens is 196 g/mol. The molecule has 0 aliphatic rings. The SMILES string of the molecule is C#CCCNc1cc(C#N)ccc1Cl. The van der Waals surface area contributed by atoms with Crippen molar-refractivity contribution in [2.75, 3.05) is 11.9 Å². The third-order valence-corrected chi connectivity index (χ3v) is 2.01. The molecule has 0 fully saturated rings. The van der Waals surface area contributed by atoms with Crippen molar-refractivity contribution in [1.29, 1.82) is 5.26 Å². The van der Waals surface area contributed by atoms with Crippen molar-refractivity contribution in [3.63, 3.8) is 0 Å². The molecule has 2 nitrogen and oxygen atoms in total. The van der Waals surface area contributed by atoms with Gasteiger partial charge in [0.1, 0.15) is 0 Å². The Bertz CT molecular complexity index is 399. The van der Waals surface area contributed by atoms with E-state index in [9.17, 15) is 0 Å². The molecule has 1 aromatic rings. The Kier molecular flexibility index (Phi) is 3.85. The highest BCUT2D eigenvalue weighted by Gasteiger charge is 2.00. The molecule has 0 aliphatic heterocycles. The van der Waals surface area contributed by atoms with Gasteiger partial charge in [-0.2, -0.15) is 5.26 Å². The summed E-state index contributed by atoms with van der Waals surface area (Å²) in [4.78, 5) is 0. The highest BCUT2D eigenvalue weighted by atomic mass is 35.5. The van der Waals surface area contributed by atoms with Gasteiger partial charge in [-0.1, -0.05) is 11.6 Å². The molecule has 1 rings (SSSR count). The van der Waals surface area contributed by atoms with E-state index in [4.69, 9.17) is 23.3 Å². The van der Waals surface area contributed by atoms with Crippen molar-refractivity contribution in [1.82, 2.24) is 0 Å². The molecule has 0 heterocycles. The van der Waals surface area contributed by atoms with Crippen LogP contribution >= 0.6 is 11.6 Å². The van der Waals surface area contributed by atoms with Crippen molar-refractivity contribution in [2.24, 2.45) is 0 Å². The summed E-state index contributed by atoms with van der Waals surface area (Å²) < 4.78 is 0. The predicted molar refractivity (Wildman–Crippen MR) is 58.1 cm³/mol. The van der Waals surface area contributed by atoms with E-state index in [1.54, 1.807) is 18.2 Å². The van der Waals surface area contributed by atoms with Gasteiger partial charge in [0.2, 0.25) is 0 Å². The first-order valence-electron chi connectivity index (χ1n) is 4.15. The summed E-state index contributed by atoms with van der Waals surface area (Å²) in [5, 5.41) is 12.3. The molecule has 1 N–H and O–H groups in total. The van der Waals surface area contributed by atoms with Gasteiger partial charge in [0.15, 0.2) is 0 Å². The maximum atomic E-state index is 8.67. The number of hydrogen-bond acceptors (Lipinski definition) is 2. The first-order chi connectivity index (χ1) is 6.77. The van der Waals surface area contributed by atoms with E-state index in [2.05, 4.69) is 11.2 Å². The second-order valence-corrected chi connectivity index (χ2v) is 3.09. The molecule has 70 valence electrons. The summed E-state index contributed by atoms with van der Waals surface area (Å²) in [5.74, 6) is 2.52. The Morgan fingerprint density at radius 1 is 1.50 bits per heavy atom. The largest absolute Gasteiger partial charge is 0.383 e. The number of nitrogens with one attached hydrogen (secondary N) is 1. The Balaban J connectivity index is 2.76. The highest BCUT2D eigenvalue weighted by Crippen LogP contribution is 2.22. The summed E-state index contributed by atoms with van der Waals surface area (Å²) in [6, 6.07) is 7.12. The molecule has 1 aromatic carbocycles. The maximum Gasteiger partial charge on any atom is 0.0992 e. The van der Waals surface area contributed by atoms with E-state index >= 15 is 0 Å². The van der Waals surface area contributed by atoms with Gasteiger partial charge >= 0.3 is 0 Å². The predicted octanol–water partition coefficient (Wildman–Crippen LogP) is 2.65. The summed E-state index contributed by atoms with van der Waals surface area (Å²) >= 11 is 5.91. The fraction of sp³-hybridized carbons (Fsp3) is 0.182. The molecule has 0 saturated carbocycles. The van der Waals surface area contributed by atoms with Gasteiger partial charge in [0.25, 0.3) is 0 Å². The van der Waals surface area contributed by atoms with Crippen LogP contribution in [0.1, 0.15) is 12.0 Å². The molecule has 0 spiro atoms. The quantitative estimate of drug-likeness (QED) is 0.607. The number of anilines is 1. The molecule has 0 radical (unpaired) electrons. The average molecular weight is 205 g/mol. The average Bonchev–Trinajstić information content (AvgIpc) is 2.21. The highest BCUT2D eigenvalue weighted by molar-refractivity contribution is 6.33. The lowest BCUT2D eigenvalue weighted by molar-refractivity contribution is 1.10. The fourth-order valence-corrected chi connectivity index (χ4v) is 1.18. The number of hydrogen-bond donors (Lipinski definition) is 1. The number of nitrogens with zero attached hydrogens (tertiary/aromatic N) is 1. The van der Waals surface area contributed by atoms with Gasteiger partial charge in [0, 0.05) is 13.0 Å². The van der Waals surface area contributed by atoms with Crippen LogP contribution in [0.4, 0.5) is 5.69 Å². The summed E-state index contributed by atoms with van der Waals surface area (Å²) in [6.07, 6.45) is 5.74. The zero-order valence-corrected chi connectivity index (χ0v) is 8.30. The lowest BCUT2D eigenvalue weighted by atomic mass is 10.2. The molecule has 0 amide bonds. The number of benzene rings is 1.